The largest absolute Gasteiger partial charge is 0.494 e. The van der Waals surface area contributed by atoms with E-state index in [2.05, 4.69) is 11.4 Å². The fourth-order valence-corrected chi connectivity index (χ4v) is 3.58. The van der Waals surface area contributed by atoms with Gasteiger partial charge in [-0.05, 0) is 62.9 Å². The predicted molar refractivity (Wildman–Crippen MR) is 130 cm³/mol. The van der Waals surface area contributed by atoms with Crippen molar-refractivity contribution in [2.45, 2.75) is 72.0 Å². The summed E-state index contributed by atoms with van der Waals surface area (Å²) >= 11 is 5.90. The van der Waals surface area contributed by atoms with Gasteiger partial charge in [0.05, 0.1) is 6.61 Å². The van der Waals surface area contributed by atoms with Gasteiger partial charge in [0.1, 0.15) is 11.8 Å². The van der Waals surface area contributed by atoms with Gasteiger partial charge in [0, 0.05) is 24.0 Å². The minimum Gasteiger partial charge on any atom is -0.494 e. The van der Waals surface area contributed by atoms with Gasteiger partial charge < -0.3 is 15.0 Å². The van der Waals surface area contributed by atoms with Crippen LogP contribution < -0.4 is 10.1 Å². The molecule has 0 heterocycles. The summed E-state index contributed by atoms with van der Waals surface area (Å²) in [5, 5.41) is 3.69. The molecule has 0 aliphatic heterocycles. The van der Waals surface area contributed by atoms with Crippen LogP contribution >= 0.6 is 11.6 Å². The number of hydrogen-bond acceptors (Lipinski definition) is 3. The quantitative estimate of drug-likeness (QED) is 0.425. The molecule has 0 unspecified atom stereocenters. The molecule has 0 saturated carbocycles. The molecule has 174 valence electrons. The highest BCUT2D eigenvalue weighted by molar-refractivity contribution is 6.30. The Morgan fingerprint density at radius 2 is 1.81 bits per heavy atom. The molecular formula is C26H35ClN2O3. The smallest absolute Gasteiger partial charge is 0.243 e. The first-order chi connectivity index (χ1) is 15.3. The lowest BCUT2D eigenvalue weighted by Gasteiger charge is -2.31. The number of hydrogen-bond donors (Lipinski definition) is 1. The number of halogens is 1. The minimum absolute atomic E-state index is 0.0441. The maximum absolute atomic E-state index is 13.2. The third kappa shape index (κ3) is 8.19. The van der Waals surface area contributed by atoms with E-state index in [-0.39, 0.29) is 17.9 Å². The number of carbonyl (C=O) groups excluding carboxylic acids is 2. The summed E-state index contributed by atoms with van der Waals surface area (Å²) in [7, 11) is 0. The summed E-state index contributed by atoms with van der Waals surface area (Å²) in [5.41, 5.74) is 2.15. The highest BCUT2D eigenvalue weighted by Gasteiger charge is 2.28. The summed E-state index contributed by atoms with van der Waals surface area (Å²) in [6.07, 6.45) is 2.28. The van der Waals surface area contributed by atoms with E-state index in [0.717, 1.165) is 23.3 Å². The number of ether oxygens (including phenoxy) is 1. The van der Waals surface area contributed by atoms with E-state index >= 15 is 0 Å². The Kier molecular flexibility index (Phi) is 10.5. The number of carbonyl (C=O) groups is 2. The number of nitrogens with one attached hydrogen (secondary N) is 1. The molecule has 2 atom stereocenters. The van der Waals surface area contributed by atoms with Crippen molar-refractivity contribution >= 4 is 23.4 Å². The van der Waals surface area contributed by atoms with Crippen molar-refractivity contribution in [3.63, 3.8) is 0 Å². The van der Waals surface area contributed by atoms with Crippen LogP contribution in [0.2, 0.25) is 5.02 Å². The van der Waals surface area contributed by atoms with E-state index in [0.29, 0.717) is 37.4 Å². The molecule has 0 spiro atoms. The molecule has 5 nitrogen and oxygen atoms in total. The number of aryl methyl sites for hydroxylation is 1. The molecule has 0 radical (unpaired) electrons. The van der Waals surface area contributed by atoms with E-state index in [4.69, 9.17) is 16.3 Å². The van der Waals surface area contributed by atoms with Crippen LogP contribution in [0, 0.1) is 6.92 Å². The van der Waals surface area contributed by atoms with Crippen molar-refractivity contribution in [2.75, 3.05) is 6.61 Å². The summed E-state index contributed by atoms with van der Waals surface area (Å²) in [6, 6.07) is 14.8. The van der Waals surface area contributed by atoms with Gasteiger partial charge in [-0.3, -0.25) is 9.59 Å². The summed E-state index contributed by atoms with van der Waals surface area (Å²) in [4.78, 5) is 27.9. The Morgan fingerprint density at radius 3 is 2.44 bits per heavy atom. The van der Waals surface area contributed by atoms with Crippen LogP contribution in [0.15, 0.2) is 48.5 Å². The maximum atomic E-state index is 13.2. The van der Waals surface area contributed by atoms with Crippen molar-refractivity contribution in [1.29, 1.82) is 0 Å². The Morgan fingerprint density at radius 1 is 1.09 bits per heavy atom. The molecule has 6 heteroatoms. The van der Waals surface area contributed by atoms with E-state index in [1.165, 1.54) is 0 Å². The summed E-state index contributed by atoms with van der Waals surface area (Å²) in [5.74, 6) is 0.579. The fraction of sp³-hybridized carbons (Fsp3) is 0.462. The Balaban J connectivity index is 2.06. The highest BCUT2D eigenvalue weighted by atomic mass is 35.5. The number of benzene rings is 2. The van der Waals surface area contributed by atoms with Crippen molar-refractivity contribution in [3.8, 4) is 5.75 Å². The zero-order valence-corrected chi connectivity index (χ0v) is 20.3. The van der Waals surface area contributed by atoms with Crippen LogP contribution in [0.3, 0.4) is 0 Å². The molecule has 0 aromatic heterocycles. The van der Waals surface area contributed by atoms with Crippen LogP contribution in [-0.4, -0.2) is 35.4 Å². The second-order valence-corrected chi connectivity index (χ2v) is 8.59. The normalized spacial score (nSPS) is 12.7. The molecular weight excluding hydrogens is 424 g/mol. The molecule has 32 heavy (non-hydrogen) atoms. The lowest BCUT2D eigenvalue weighted by Crippen LogP contribution is -2.50. The van der Waals surface area contributed by atoms with Crippen LogP contribution in [0.4, 0.5) is 0 Å². The first kappa shape index (κ1) is 25.7. The first-order valence-electron chi connectivity index (χ1n) is 11.4. The minimum atomic E-state index is -0.505. The Hall–Kier alpha value is -2.53. The summed E-state index contributed by atoms with van der Waals surface area (Å²) in [6.45, 7) is 8.80. The molecule has 2 amide bonds. The maximum Gasteiger partial charge on any atom is 0.243 e. The Bertz CT molecular complexity index is 870. The van der Waals surface area contributed by atoms with Gasteiger partial charge in [-0.25, -0.2) is 0 Å². The molecule has 1 N–H and O–H groups in total. The third-order valence-electron chi connectivity index (χ3n) is 5.44. The molecule has 0 saturated heterocycles. The predicted octanol–water partition coefficient (Wildman–Crippen LogP) is 5.53. The van der Waals surface area contributed by atoms with E-state index in [9.17, 15) is 9.59 Å². The average Bonchev–Trinajstić information content (AvgIpc) is 2.77. The second kappa shape index (κ2) is 13.1. The lowest BCUT2D eigenvalue weighted by atomic mass is 10.1. The van der Waals surface area contributed by atoms with E-state index < -0.39 is 6.04 Å². The number of amides is 2. The van der Waals surface area contributed by atoms with E-state index in [1.807, 2.05) is 45.9 Å². The molecule has 0 aliphatic carbocycles. The van der Waals surface area contributed by atoms with Crippen molar-refractivity contribution in [1.82, 2.24) is 10.2 Å². The van der Waals surface area contributed by atoms with Gasteiger partial charge in [-0.1, -0.05) is 55.3 Å². The van der Waals surface area contributed by atoms with Gasteiger partial charge in [0.2, 0.25) is 11.8 Å². The van der Waals surface area contributed by atoms with Gasteiger partial charge in [0.15, 0.2) is 0 Å². The standard InChI is InChI=1S/C26H35ClN2O3/c1-5-20(4)28-26(31)24(6-2)29(18-21-10-7-9-19(3)17-21)25(30)11-8-16-32-23-14-12-22(27)13-15-23/h7,9-10,12-15,17,20,24H,5-6,8,11,16,18H2,1-4H3,(H,28,31)/t20-,24+/m1/s1. The van der Waals surface area contributed by atoms with Crippen molar-refractivity contribution in [2.24, 2.45) is 0 Å². The molecule has 0 fully saturated rings. The third-order valence-corrected chi connectivity index (χ3v) is 5.69. The molecule has 2 aromatic carbocycles. The highest BCUT2D eigenvalue weighted by Crippen LogP contribution is 2.18. The molecule has 2 aromatic rings. The van der Waals surface area contributed by atoms with Crippen LogP contribution in [0.25, 0.3) is 0 Å². The van der Waals surface area contributed by atoms with Gasteiger partial charge in [-0.2, -0.15) is 0 Å². The zero-order chi connectivity index (χ0) is 23.5. The fourth-order valence-electron chi connectivity index (χ4n) is 3.46. The monoisotopic (exact) mass is 458 g/mol. The lowest BCUT2D eigenvalue weighted by molar-refractivity contribution is -0.141. The number of rotatable bonds is 12. The molecule has 0 aliphatic rings. The first-order valence-corrected chi connectivity index (χ1v) is 11.8. The number of nitrogens with zero attached hydrogens (tertiary/aromatic N) is 1. The molecule has 0 bridgehead atoms. The Labute approximate surface area is 197 Å². The average molecular weight is 459 g/mol. The topological polar surface area (TPSA) is 58.6 Å². The van der Waals surface area contributed by atoms with Gasteiger partial charge in [0.25, 0.3) is 0 Å². The summed E-state index contributed by atoms with van der Waals surface area (Å²) < 4.78 is 5.72. The SMILES string of the molecule is CC[C@@H](C)NC(=O)[C@H](CC)N(Cc1cccc(C)c1)C(=O)CCCOc1ccc(Cl)cc1. The van der Waals surface area contributed by atoms with Crippen LogP contribution in [-0.2, 0) is 16.1 Å². The second-order valence-electron chi connectivity index (χ2n) is 8.16. The van der Waals surface area contributed by atoms with Gasteiger partial charge >= 0.3 is 0 Å². The van der Waals surface area contributed by atoms with E-state index in [1.54, 1.807) is 29.2 Å². The van der Waals surface area contributed by atoms with Crippen LogP contribution in [0.5, 0.6) is 5.75 Å². The van der Waals surface area contributed by atoms with Gasteiger partial charge in [-0.15, -0.1) is 0 Å². The van der Waals surface area contributed by atoms with Crippen LogP contribution in [0.1, 0.15) is 57.6 Å². The van der Waals surface area contributed by atoms with Crippen molar-refractivity contribution in [3.05, 3.63) is 64.7 Å². The zero-order valence-electron chi connectivity index (χ0n) is 19.6. The van der Waals surface area contributed by atoms with Crippen molar-refractivity contribution < 1.29 is 14.3 Å². The molecule has 2 rings (SSSR count).